The van der Waals surface area contributed by atoms with Crippen molar-refractivity contribution in [2.24, 2.45) is 0 Å². The first-order valence-corrected chi connectivity index (χ1v) is 5.86. The number of anilines is 1. The van der Waals surface area contributed by atoms with Gasteiger partial charge in [-0.15, -0.1) is 0 Å². The standard InChI is InChI=1S/C13H8ClFN2O3/c14-8-5-6-9(12(7-8)17(19)20)13(18)16-11-4-2-1-3-10(11)15/h1-7H,(H,16,18). The maximum Gasteiger partial charge on any atom is 0.283 e. The zero-order valence-electron chi connectivity index (χ0n) is 9.97. The topological polar surface area (TPSA) is 72.2 Å². The Morgan fingerprint density at radius 1 is 1.25 bits per heavy atom. The Labute approximate surface area is 118 Å². The Bertz CT molecular complexity index is 691. The highest BCUT2D eigenvalue weighted by molar-refractivity contribution is 6.31. The van der Waals surface area contributed by atoms with Gasteiger partial charge in [0.25, 0.3) is 11.6 Å². The van der Waals surface area contributed by atoms with Gasteiger partial charge in [-0.1, -0.05) is 23.7 Å². The van der Waals surface area contributed by atoms with Gasteiger partial charge in [0.1, 0.15) is 11.4 Å². The van der Waals surface area contributed by atoms with E-state index in [1.54, 1.807) is 0 Å². The van der Waals surface area contributed by atoms with E-state index in [-0.39, 0.29) is 16.3 Å². The number of hydrogen-bond donors (Lipinski definition) is 1. The number of amides is 1. The summed E-state index contributed by atoms with van der Waals surface area (Å²) in [4.78, 5) is 22.1. The Kier molecular flexibility index (Phi) is 3.95. The number of benzene rings is 2. The van der Waals surface area contributed by atoms with Crippen LogP contribution in [0.1, 0.15) is 10.4 Å². The van der Waals surface area contributed by atoms with Gasteiger partial charge in [0, 0.05) is 11.1 Å². The van der Waals surface area contributed by atoms with Gasteiger partial charge >= 0.3 is 0 Å². The van der Waals surface area contributed by atoms with E-state index in [9.17, 15) is 19.3 Å². The second-order valence-corrected chi connectivity index (χ2v) is 4.29. The predicted octanol–water partition coefficient (Wildman–Crippen LogP) is 3.64. The molecule has 0 bridgehead atoms. The molecule has 0 aromatic heterocycles. The van der Waals surface area contributed by atoms with Crippen LogP contribution in [0.3, 0.4) is 0 Å². The van der Waals surface area contributed by atoms with Gasteiger partial charge in [0.2, 0.25) is 0 Å². The number of carbonyl (C=O) groups is 1. The minimum atomic E-state index is -0.779. The molecule has 0 spiro atoms. The van der Waals surface area contributed by atoms with E-state index in [1.165, 1.54) is 36.4 Å². The van der Waals surface area contributed by atoms with Gasteiger partial charge in [-0.2, -0.15) is 0 Å². The smallest absolute Gasteiger partial charge is 0.283 e. The fourth-order valence-corrected chi connectivity index (χ4v) is 1.77. The summed E-state index contributed by atoms with van der Waals surface area (Å²) < 4.78 is 13.4. The van der Waals surface area contributed by atoms with E-state index >= 15 is 0 Å². The summed E-state index contributed by atoms with van der Waals surface area (Å²) in [5.41, 5.74) is -0.684. The molecule has 0 aliphatic heterocycles. The van der Waals surface area contributed by atoms with Crippen LogP contribution in [0, 0.1) is 15.9 Å². The van der Waals surface area contributed by atoms with Crippen molar-refractivity contribution in [3.63, 3.8) is 0 Å². The molecule has 2 aromatic rings. The molecule has 0 radical (unpaired) electrons. The van der Waals surface area contributed by atoms with Crippen molar-refractivity contribution < 1.29 is 14.1 Å². The van der Waals surface area contributed by atoms with E-state index in [1.807, 2.05) is 0 Å². The summed E-state index contributed by atoms with van der Waals surface area (Å²) in [6.07, 6.45) is 0. The first-order chi connectivity index (χ1) is 9.49. The number of nitro groups is 1. The number of hydrogen-bond acceptors (Lipinski definition) is 3. The lowest BCUT2D eigenvalue weighted by Gasteiger charge is -2.06. The number of halogens is 2. The van der Waals surface area contributed by atoms with Crippen molar-refractivity contribution in [3.8, 4) is 0 Å². The van der Waals surface area contributed by atoms with Crippen LogP contribution in [0.25, 0.3) is 0 Å². The molecule has 1 N–H and O–H groups in total. The molecule has 2 aromatic carbocycles. The minimum Gasteiger partial charge on any atom is -0.319 e. The summed E-state index contributed by atoms with van der Waals surface area (Å²) in [6, 6.07) is 9.17. The van der Waals surface area contributed by atoms with Gasteiger partial charge in [0.15, 0.2) is 0 Å². The summed E-state index contributed by atoms with van der Waals surface area (Å²) in [7, 11) is 0. The molecule has 102 valence electrons. The monoisotopic (exact) mass is 294 g/mol. The van der Waals surface area contributed by atoms with Gasteiger partial charge in [-0.25, -0.2) is 4.39 Å². The third kappa shape index (κ3) is 2.92. The third-order valence-electron chi connectivity index (χ3n) is 2.52. The van der Waals surface area contributed by atoms with Crippen molar-refractivity contribution in [2.75, 3.05) is 5.32 Å². The number of nitrogens with one attached hydrogen (secondary N) is 1. The van der Waals surface area contributed by atoms with Crippen LogP contribution in [-0.4, -0.2) is 10.8 Å². The van der Waals surface area contributed by atoms with Crippen LogP contribution < -0.4 is 5.32 Å². The average Bonchev–Trinajstić information content (AvgIpc) is 2.41. The lowest BCUT2D eigenvalue weighted by atomic mass is 10.1. The molecule has 7 heteroatoms. The second-order valence-electron chi connectivity index (χ2n) is 3.85. The van der Waals surface area contributed by atoms with Crippen LogP contribution in [-0.2, 0) is 0 Å². The zero-order chi connectivity index (χ0) is 14.7. The number of para-hydroxylation sites is 1. The van der Waals surface area contributed by atoms with E-state index < -0.39 is 22.3 Å². The molecular formula is C13H8ClFN2O3. The molecule has 0 unspecified atom stereocenters. The molecule has 1 amide bonds. The number of nitrogens with zero attached hydrogens (tertiary/aromatic N) is 1. The molecular weight excluding hydrogens is 287 g/mol. The summed E-state index contributed by atoms with van der Waals surface area (Å²) in [5.74, 6) is -1.41. The van der Waals surface area contributed by atoms with Crippen LogP contribution in [0.5, 0.6) is 0 Å². The van der Waals surface area contributed by atoms with Crippen molar-refractivity contribution in [3.05, 3.63) is 69.0 Å². The van der Waals surface area contributed by atoms with Crippen molar-refractivity contribution in [2.45, 2.75) is 0 Å². The lowest BCUT2D eigenvalue weighted by Crippen LogP contribution is -2.14. The van der Waals surface area contributed by atoms with Crippen LogP contribution in [0.2, 0.25) is 5.02 Å². The maximum absolute atomic E-state index is 13.4. The van der Waals surface area contributed by atoms with E-state index in [2.05, 4.69) is 5.32 Å². The summed E-state index contributed by atoms with van der Waals surface area (Å²) in [6.45, 7) is 0. The first-order valence-electron chi connectivity index (χ1n) is 5.49. The van der Waals surface area contributed by atoms with Gasteiger partial charge in [-0.05, 0) is 24.3 Å². The number of rotatable bonds is 3. The molecule has 0 aliphatic carbocycles. The maximum atomic E-state index is 13.4. The van der Waals surface area contributed by atoms with E-state index in [0.717, 1.165) is 6.07 Å². The highest BCUT2D eigenvalue weighted by Gasteiger charge is 2.21. The molecule has 5 nitrogen and oxygen atoms in total. The fraction of sp³-hybridized carbons (Fsp3) is 0. The van der Waals surface area contributed by atoms with E-state index in [4.69, 9.17) is 11.6 Å². The molecule has 2 rings (SSSR count). The predicted molar refractivity (Wildman–Crippen MR) is 72.5 cm³/mol. The first kappa shape index (κ1) is 14.0. The third-order valence-corrected chi connectivity index (χ3v) is 2.76. The van der Waals surface area contributed by atoms with Crippen LogP contribution >= 0.6 is 11.6 Å². The van der Waals surface area contributed by atoms with Crippen molar-refractivity contribution in [1.29, 1.82) is 0 Å². The van der Waals surface area contributed by atoms with Crippen molar-refractivity contribution in [1.82, 2.24) is 0 Å². The highest BCUT2D eigenvalue weighted by Crippen LogP contribution is 2.24. The quantitative estimate of drug-likeness (QED) is 0.694. The molecule has 0 heterocycles. The Hall–Kier alpha value is -2.47. The second kappa shape index (κ2) is 5.66. The molecule has 0 aliphatic rings. The summed E-state index contributed by atoms with van der Waals surface area (Å²) in [5, 5.41) is 13.3. The minimum absolute atomic E-state index is 0.0539. The normalized spacial score (nSPS) is 10.1. The van der Waals surface area contributed by atoms with Gasteiger partial charge < -0.3 is 5.32 Å². The average molecular weight is 295 g/mol. The van der Waals surface area contributed by atoms with Gasteiger partial charge in [0.05, 0.1) is 10.6 Å². The van der Waals surface area contributed by atoms with E-state index in [0.29, 0.717) is 0 Å². The molecule has 0 saturated carbocycles. The molecule has 0 saturated heterocycles. The van der Waals surface area contributed by atoms with Crippen LogP contribution in [0.15, 0.2) is 42.5 Å². The molecule has 0 atom stereocenters. The Morgan fingerprint density at radius 3 is 2.60 bits per heavy atom. The van der Waals surface area contributed by atoms with Crippen LogP contribution in [0.4, 0.5) is 15.8 Å². The molecule has 20 heavy (non-hydrogen) atoms. The number of nitro benzene ring substituents is 1. The van der Waals surface area contributed by atoms with Gasteiger partial charge in [-0.3, -0.25) is 14.9 Å². The fourth-order valence-electron chi connectivity index (χ4n) is 1.60. The Balaban J connectivity index is 2.35. The SMILES string of the molecule is O=C(Nc1ccccc1F)c1ccc(Cl)cc1[N+](=O)[O-]. The lowest BCUT2D eigenvalue weighted by molar-refractivity contribution is -0.385. The highest BCUT2D eigenvalue weighted by atomic mass is 35.5. The largest absolute Gasteiger partial charge is 0.319 e. The summed E-state index contributed by atoms with van der Waals surface area (Å²) >= 11 is 5.65. The molecule has 0 fully saturated rings. The number of carbonyl (C=O) groups excluding carboxylic acids is 1. The zero-order valence-corrected chi connectivity index (χ0v) is 10.7. The van der Waals surface area contributed by atoms with Crippen molar-refractivity contribution >= 4 is 28.9 Å². The Morgan fingerprint density at radius 2 is 1.95 bits per heavy atom.